The first-order valence-electron chi connectivity index (χ1n) is 12.9. The molecule has 2 atom stereocenters. The molecule has 0 spiro atoms. The fourth-order valence-corrected chi connectivity index (χ4v) is 6.57. The van der Waals surface area contributed by atoms with Crippen LogP contribution in [0.5, 0.6) is 5.75 Å². The summed E-state index contributed by atoms with van der Waals surface area (Å²) in [4.78, 5) is 21.9. The van der Waals surface area contributed by atoms with Crippen LogP contribution in [0.15, 0.2) is 58.7 Å². The van der Waals surface area contributed by atoms with Gasteiger partial charge in [-0.05, 0) is 29.3 Å². The number of morpholine rings is 1. The first-order valence-corrected chi connectivity index (χ1v) is 13.9. The number of methoxy groups -OCH3 is 2. The zero-order valence-electron chi connectivity index (χ0n) is 22.4. The average Bonchev–Trinajstić information content (AvgIpc) is 3.16. The molecule has 41 heavy (non-hydrogen) atoms. The molecule has 1 saturated heterocycles. The maximum absolute atomic E-state index is 15.3. The molecule has 1 unspecified atom stereocenters. The van der Waals surface area contributed by atoms with Crippen LogP contribution < -0.4 is 15.1 Å². The normalized spacial score (nSPS) is 20.1. The predicted molar refractivity (Wildman–Crippen MR) is 144 cm³/mol. The smallest absolute Gasteiger partial charge is 0.278 e. The summed E-state index contributed by atoms with van der Waals surface area (Å²) in [6.45, 7) is 0.618. The Hall–Kier alpha value is -3.65. The van der Waals surface area contributed by atoms with Crippen molar-refractivity contribution in [3.63, 3.8) is 0 Å². The van der Waals surface area contributed by atoms with E-state index in [-0.39, 0.29) is 54.2 Å². The number of amides is 1. The number of thioether (sulfide) groups is 1. The van der Waals surface area contributed by atoms with Gasteiger partial charge in [0.2, 0.25) is 6.79 Å². The number of nitrogens with zero attached hydrogens (tertiary/aromatic N) is 4. The zero-order chi connectivity index (χ0) is 28.5. The Morgan fingerprint density at radius 3 is 2.73 bits per heavy atom. The second-order valence-corrected chi connectivity index (χ2v) is 10.5. The number of hydrogen-bond acceptors (Lipinski definition) is 9. The third-order valence-electron chi connectivity index (χ3n) is 7.20. The van der Waals surface area contributed by atoms with E-state index in [1.165, 1.54) is 26.0 Å². The number of hydrogen-bond donors (Lipinski definition) is 0. The van der Waals surface area contributed by atoms with Gasteiger partial charge < -0.3 is 28.7 Å². The molecule has 10 nitrogen and oxygen atoms in total. The molecule has 0 radical (unpaired) electrons. The molecule has 3 aromatic rings. The van der Waals surface area contributed by atoms with E-state index in [4.69, 9.17) is 23.8 Å². The van der Waals surface area contributed by atoms with Crippen LogP contribution in [0.3, 0.4) is 0 Å². The minimum atomic E-state index is -0.906. The number of fused-ring (bicyclic) bond motifs is 4. The molecule has 1 aromatic heterocycles. The largest absolute Gasteiger partial charge is 0.463 e. The number of ether oxygens (including phenoxy) is 4. The van der Waals surface area contributed by atoms with Gasteiger partial charge in [0, 0.05) is 43.2 Å². The maximum atomic E-state index is 15.3. The molecular weight excluding hydrogens is 558 g/mol. The highest BCUT2D eigenvalue weighted by atomic mass is 32.2. The third-order valence-corrected chi connectivity index (χ3v) is 8.32. The van der Waals surface area contributed by atoms with Crippen LogP contribution in [0.1, 0.15) is 33.2 Å². The number of aromatic nitrogens is 1. The number of carbonyl (C=O) groups is 1. The molecule has 6 rings (SSSR count). The molecule has 3 aliphatic rings. The first-order chi connectivity index (χ1) is 20.0. The summed E-state index contributed by atoms with van der Waals surface area (Å²) in [7, 11) is 2.94. The van der Waals surface area contributed by atoms with Gasteiger partial charge in [-0.2, -0.15) is 0 Å². The van der Waals surface area contributed by atoms with E-state index in [0.717, 1.165) is 16.5 Å². The van der Waals surface area contributed by atoms with E-state index in [9.17, 15) is 9.18 Å². The predicted octanol–water partition coefficient (Wildman–Crippen LogP) is 3.33. The Bertz CT molecular complexity index is 1540. The molecule has 2 aromatic carbocycles. The van der Waals surface area contributed by atoms with Crippen molar-refractivity contribution >= 4 is 17.7 Å². The second kappa shape index (κ2) is 11.7. The highest BCUT2D eigenvalue weighted by Gasteiger charge is 2.46. The van der Waals surface area contributed by atoms with Crippen LogP contribution in [0.4, 0.5) is 8.78 Å². The summed E-state index contributed by atoms with van der Waals surface area (Å²) in [6.07, 6.45) is 1.13. The molecule has 0 bridgehead atoms. The van der Waals surface area contributed by atoms with E-state index in [1.807, 2.05) is 29.3 Å². The van der Waals surface area contributed by atoms with Crippen LogP contribution in [0.2, 0.25) is 0 Å². The standard InChI is InChI=1S/C28H28F2N4O6S/c1-36-15-39-27-21(31-40-16-37-2)9-10-33-26(27)28(35)32-11-12-38-13-23(32)34(33)25-17-7-8-20(29)24(30)19(17)14-41-22-6-4-3-5-18(22)25/h3-10,23,25H,11-16H2,1-2H3/b31-21+/t23-,25?/m1/s1. The average molecular weight is 587 g/mol. The van der Waals surface area contributed by atoms with E-state index in [0.29, 0.717) is 18.7 Å². The third kappa shape index (κ3) is 4.82. The van der Waals surface area contributed by atoms with E-state index >= 15 is 4.39 Å². The monoisotopic (exact) mass is 586 g/mol. The van der Waals surface area contributed by atoms with Gasteiger partial charge in [0.1, 0.15) is 11.5 Å². The summed E-state index contributed by atoms with van der Waals surface area (Å²) in [5, 5.41) is 6.34. The molecule has 0 aliphatic carbocycles. The molecule has 0 saturated carbocycles. The molecule has 216 valence electrons. The lowest BCUT2D eigenvalue weighted by molar-refractivity contribution is -0.0342. The Balaban J connectivity index is 1.63. The van der Waals surface area contributed by atoms with Crippen LogP contribution in [0.25, 0.3) is 0 Å². The van der Waals surface area contributed by atoms with Gasteiger partial charge in [0.25, 0.3) is 5.91 Å². The fraction of sp³-hybridized carbons (Fsp3) is 0.357. The molecular formula is C28H28F2N4O6S. The van der Waals surface area contributed by atoms with Crippen LogP contribution in [0, 0.1) is 11.6 Å². The Kier molecular flexibility index (Phi) is 7.84. The van der Waals surface area contributed by atoms with Crippen molar-refractivity contribution in [1.82, 2.24) is 9.58 Å². The van der Waals surface area contributed by atoms with E-state index in [2.05, 4.69) is 5.16 Å². The van der Waals surface area contributed by atoms with Crippen molar-refractivity contribution in [2.24, 2.45) is 5.16 Å². The van der Waals surface area contributed by atoms with Gasteiger partial charge in [-0.1, -0.05) is 29.4 Å². The summed E-state index contributed by atoms with van der Waals surface area (Å²) in [6, 6.07) is 11.6. The van der Waals surface area contributed by atoms with Crippen molar-refractivity contribution in [3.8, 4) is 5.75 Å². The van der Waals surface area contributed by atoms with Crippen LogP contribution >= 0.6 is 11.8 Å². The molecule has 13 heteroatoms. The van der Waals surface area contributed by atoms with Gasteiger partial charge >= 0.3 is 0 Å². The van der Waals surface area contributed by atoms with Gasteiger partial charge in [0.15, 0.2) is 29.9 Å². The Morgan fingerprint density at radius 2 is 1.90 bits per heavy atom. The fourth-order valence-electron chi connectivity index (χ4n) is 5.46. The van der Waals surface area contributed by atoms with Gasteiger partial charge in [-0.25, -0.2) is 8.78 Å². The van der Waals surface area contributed by atoms with Crippen molar-refractivity contribution in [2.75, 3.05) is 52.6 Å². The highest BCUT2D eigenvalue weighted by molar-refractivity contribution is 7.98. The molecule has 3 aliphatic heterocycles. The van der Waals surface area contributed by atoms with Gasteiger partial charge in [0.05, 0.1) is 19.3 Å². The number of benzene rings is 2. The lowest BCUT2D eigenvalue weighted by Gasteiger charge is -2.51. The SMILES string of the molecule is COCO/N=c1\ccn2c(c1OCOC)C(=O)N1CCOC[C@H]1N2C1c2ccccc2SCc2c1ccc(F)c2F. The zero-order valence-corrected chi connectivity index (χ0v) is 23.2. The summed E-state index contributed by atoms with van der Waals surface area (Å²) < 4.78 is 53.4. The number of carbonyl (C=O) groups excluding carboxylic acids is 1. The van der Waals surface area contributed by atoms with Crippen LogP contribution in [-0.2, 0) is 24.8 Å². The minimum absolute atomic E-state index is 0.102. The van der Waals surface area contributed by atoms with Crippen molar-refractivity contribution in [3.05, 3.63) is 88.0 Å². The number of halogens is 2. The molecule has 1 amide bonds. The van der Waals surface area contributed by atoms with Crippen molar-refractivity contribution in [2.45, 2.75) is 22.9 Å². The molecule has 4 heterocycles. The number of pyridine rings is 1. The first kappa shape index (κ1) is 27.5. The number of rotatable bonds is 7. The summed E-state index contributed by atoms with van der Waals surface area (Å²) >= 11 is 1.44. The van der Waals surface area contributed by atoms with Gasteiger partial charge in [-0.15, -0.1) is 11.8 Å². The van der Waals surface area contributed by atoms with Crippen LogP contribution in [-0.4, -0.2) is 69.2 Å². The van der Waals surface area contributed by atoms with Crippen molar-refractivity contribution in [1.29, 1.82) is 0 Å². The molecule has 1 fully saturated rings. The lowest BCUT2D eigenvalue weighted by atomic mass is 9.93. The van der Waals surface area contributed by atoms with Gasteiger partial charge in [-0.3, -0.25) is 14.5 Å². The summed E-state index contributed by atoms with van der Waals surface area (Å²) in [5.74, 6) is -1.69. The second-order valence-electron chi connectivity index (χ2n) is 9.49. The summed E-state index contributed by atoms with van der Waals surface area (Å²) in [5.41, 5.74) is 1.93. The van der Waals surface area contributed by atoms with E-state index < -0.39 is 23.8 Å². The molecule has 0 N–H and O–H groups in total. The van der Waals surface area contributed by atoms with Crippen molar-refractivity contribution < 1.29 is 37.4 Å². The Labute approximate surface area is 238 Å². The van der Waals surface area contributed by atoms with E-state index in [1.54, 1.807) is 27.9 Å². The Morgan fingerprint density at radius 1 is 1.07 bits per heavy atom. The highest BCUT2D eigenvalue weighted by Crippen LogP contribution is 2.45. The topological polar surface area (TPSA) is 87.0 Å². The maximum Gasteiger partial charge on any atom is 0.278 e. The lowest BCUT2D eigenvalue weighted by Crippen LogP contribution is -2.66. The quantitative estimate of drug-likeness (QED) is 0.237. The minimum Gasteiger partial charge on any atom is -0.463 e.